The maximum absolute atomic E-state index is 13.3. The SMILES string of the molecule is C[C@@H]1C(=O)N(C)C/C=C\CCCCCN2C[C@@]3(CCCc4cc(Cl)ccc43)COc3ccc(cc32)[C@]1(O)C(N)=O. The van der Waals surface area contributed by atoms with E-state index >= 15 is 0 Å². The first-order valence-corrected chi connectivity index (χ1v) is 14.8. The summed E-state index contributed by atoms with van der Waals surface area (Å²) in [5, 5.41) is 12.6. The van der Waals surface area contributed by atoms with Gasteiger partial charge in [0.05, 0.1) is 18.2 Å². The van der Waals surface area contributed by atoms with Crippen molar-refractivity contribution >= 4 is 29.1 Å². The Morgan fingerprint density at radius 3 is 2.75 bits per heavy atom. The van der Waals surface area contributed by atoms with Gasteiger partial charge >= 0.3 is 0 Å². The molecule has 5 rings (SSSR count). The predicted octanol–water partition coefficient (Wildman–Crippen LogP) is 4.71. The molecule has 1 spiro atoms. The third-order valence-corrected chi connectivity index (χ3v) is 9.31. The van der Waals surface area contributed by atoms with Crippen LogP contribution in [0.25, 0.3) is 0 Å². The summed E-state index contributed by atoms with van der Waals surface area (Å²) in [5.74, 6) is -1.67. The normalized spacial score (nSPS) is 28.4. The molecule has 3 aliphatic rings. The Hall–Kier alpha value is -3.03. The zero-order chi connectivity index (χ0) is 28.5. The smallest absolute Gasteiger partial charge is 0.254 e. The summed E-state index contributed by atoms with van der Waals surface area (Å²) in [6, 6.07) is 11.5. The monoisotopic (exact) mass is 565 g/mol. The second kappa shape index (κ2) is 11.5. The van der Waals surface area contributed by atoms with Gasteiger partial charge in [0.15, 0.2) is 5.60 Å². The number of hydrogen-bond donors (Lipinski definition) is 2. The maximum atomic E-state index is 13.3. The van der Waals surface area contributed by atoms with Crippen LogP contribution in [0.1, 0.15) is 62.1 Å². The van der Waals surface area contributed by atoms with Gasteiger partial charge in [0, 0.05) is 37.1 Å². The van der Waals surface area contributed by atoms with E-state index in [4.69, 9.17) is 22.1 Å². The molecule has 2 aliphatic heterocycles. The largest absolute Gasteiger partial charge is 0.490 e. The van der Waals surface area contributed by atoms with Gasteiger partial charge in [-0.2, -0.15) is 0 Å². The number of aryl methyl sites for hydroxylation is 1. The molecule has 1 aliphatic carbocycles. The first-order valence-electron chi connectivity index (χ1n) is 14.4. The van der Waals surface area contributed by atoms with Crippen molar-refractivity contribution in [1.29, 1.82) is 0 Å². The average molecular weight is 566 g/mol. The van der Waals surface area contributed by atoms with Crippen LogP contribution in [0.2, 0.25) is 5.02 Å². The molecule has 2 heterocycles. The summed E-state index contributed by atoms with van der Waals surface area (Å²) >= 11 is 6.37. The molecule has 2 aromatic carbocycles. The van der Waals surface area contributed by atoms with E-state index in [2.05, 4.69) is 23.1 Å². The predicted molar refractivity (Wildman–Crippen MR) is 158 cm³/mol. The molecule has 3 N–H and O–H groups in total. The molecule has 0 saturated heterocycles. The molecular weight excluding hydrogens is 526 g/mol. The van der Waals surface area contributed by atoms with Gasteiger partial charge in [-0.15, -0.1) is 0 Å². The van der Waals surface area contributed by atoms with Crippen LogP contribution in [0.4, 0.5) is 5.69 Å². The number of rotatable bonds is 1. The second-order valence-electron chi connectivity index (χ2n) is 11.7. The lowest BCUT2D eigenvalue weighted by atomic mass is 9.70. The topological polar surface area (TPSA) is 96.1 Å². The first kappa shape index (κ1) is 28.5. The molecule has 3 atom stereocenters. The number of carbonyl (C=O) groups is 2. The third kappa shape index (κ3) is 5.21. The van der Waals surface area contributed by atoms with Crippen LogP contribution in [0.3, 0.4) is 0 Å². The van der Waals surface area contributed by atoms with Gasteiger partial charge in [-0.1, -0.05) is 42.3 Å². The van der Waals surface area contributed by atoms with E-state index in [1.165, 1.54) is 16.0 Å². The summed E-state index contributed by atoms with van der Waals surface area (Å²) in [6.45, 7) is 4.04. The number of amides is 2. The maximum Gasteiger partial charge on any atom is 0.254 e. The Kier molecular flexibility index (Phi) is 8.16. The van der Waals surface area contributed by atoms with Gasteiger partial charge in [-0.05, 0) is 86.4 Å². The number of fused-ring (bicyclic) bond motifs is 3. The molecule has 2 bridgehead atoms. The standard InChI is InChI=1S/C32H40ClN3O4/c1-22-29(37)35(2)16-7-5-3-4-6-8-17-36-20-31(15-9-10-23-18-25(33)12-13-26(23)31)21-40-28-14-11-24(19-27(28)36)32(22,39)30(34)38/h5,7,11-14,18-19,22,39H,3-4,6,8-10,15-17,20-21H2,1-2H3,(H2,34,38)/b7-5-/t22-,31+,32+/m1/s1. The van der Waals surface area contributed by atoms with Crippen molar-refractivity contribution in [2.24, 2.45) is 11.7 Å². The fraction of sp³-hybridized carbons (Fsp3) is 0.500. The number of carbonyl (C=O) groups excluding carboxylic acids is 2. The van der Waals surface area contributed by atoms with Crippen LogP contribution in [0, 0.1) is 5.92 Å². The van der Waals surface area contributed by atoms with Crippen LogP contribution in [-0.2, 0) is 27.0 Å². The highest BCUT2D eigenvalue weighted by Crippen LogP contribution is 2.46. The molecule has 0 radical (unpaired) electrons. The molecule has 40 heavy (non-hydrogen) atoms. The van der Waals surface area contributed by atoms with Crippen molar-refractivity contribution in [3.05, 3.63) is 70.3 Å². The highest BCUT2D eigenvalue weighted by atomic mass is 35.5. The molecule has 8 heteroatoms. The van der Waals surface area contributed by atoms with Crippen LogP contribution < -0.4 is 15.4 Å². The lowest BCUT2D eigenvalue weighted by molar-refractivity contribution is -0.155. The average Bonchev–Trinajstić information content (AvgIpc) is 3.09. The van der Waals surface area contributed by atoms with Crippen LogP contribution in [0.15, 0.2) is 48.6 Å². The Labute approximate surface area is 241 Å². The molecule has 2 amide bonds. The van der Waals surface area contributed by atoms with Gasteiger partial charge in [0.25, 0.3) is 5.91 Å². The van der Waals surface area contributed by atoms with Gasteiger partial charge < -0.3 is 25.4 Å². The number of nitrogens with two attached hydrogens (primary N) is 1. The molecule has 214 valence electrons. The zero-order valence-corrected chi connectivity index (χ0v) is 24.3. The highest BCUT2D eigenvalue weighted by Gasteiger charge is 2.47. The molecular formula is C32H40ClN3O4. The molecule has 0 fully saturated rings. The van der Waals surface area contributed by atoms with E-state index in [9.17, 15) is 14.7 Å². The Balaban J connectivity index is 1.60. The molecule has 0 aromatic heterocycles. The molecule has 2 aromatic rings. The summed E-state index contributed by atoms with van der Waals surface area (Å²) in [7, 11) is 1.68. The van der Waals surface area contributed by atoms with Gasteiger partial charge in [-0.3, -0.25) is 9.59 Å². The Bertz CT molecular complexity index is 1310. The van der Waals surface area contributed by atoms with Crippen LogP contribution >= 0.6 is 11.6 Å². The van der Waals surface area contributed by atoms with Gasteiger partial charge in [0.2, 0.25) is 5.91 Å². The number of ether oxygens (including phenoxy) is 1. The summed E-state index contributed by atoms with van der Waals surface area (Å²) in [4.78, 5) is 30.0. The van der Waals surface area contributed by atoms with E-state index < -0.39 is 17.4 Å². The minimum Gasteiger partial charge on any atom is -0.490 e. The van der Waals surface area contributed by atoms with Gasteiger partial charge in [-0.25, -0.2) is 0 Å². The van der Waals surface area contributed by atoms with Crippen molar-refractivity contribution < 1.29 is 19.4 Å². The minimum atomic E-state index is -2.18. The number of primary amides is 1. The molecule has 0 unspecified atom stereocenters. The number of aliphatic hydroxyl groups is 1. The Morgan fingerprint density at radius 2 is 1.95 bits per heavy atom. The van der Waals surface area contributed by atoms with Gasteiger partial charge in [0.1, 0.15) is 5.75 Å². The lowest BCUT2D eigenvalue weighted by Gasteiger charge is -2.41. The number of anilines is 1. The van der Waals surface area contributed by atoms with E-state index in [1.807, 2.05) is 18.2 Å². The number of benzene rings is 2. The van der Waals surface area contributed by atoms with E-state index in [0.29, 0.717) is 24.5 Å². The van der Waals surface area contributed by atoms with E-state index in [1.54, 1.807) is 26.1 Å². The number of likely N-dealkylation sites (N-methyl/N-ethyl adjacent to an activating group) is 1. The van der Waals surface area contributed by atoms with Crippen LogP contribution in [0.5, 0.6) is 5.75 Å². The summed E-state index contributed by atoms with van der Waals surface area (Å²) < 4.78 is 6.53. The van der Waals surface area contributed by atoms with Crippen molar-refractivity contribution in [3.8, 4) is 5.75 Å². The minimum absolute atomic E-state index is 0.215. The number of hydrogen-bond acceptors (Lipinski definition) is 5. The van der Waals surface area contributed by atoms with Crippen LogP contribution in [-0.4, -0.2) is 55.1 Å². The highest BCUT2D eigenvalue weighted by molar-refractivity contribution is 6.30. The van der Waals surface area contributed by atoms with Crippen molar-refractivity contribution in [2.75, 3.05) is 38.2 Å². The van der Waals surface area contributed by atoms with Crippen molar-refractivity contribution in [2.45, 2.75) is 62.9 Å². The molecule has 7 nitrogen and oxygen atoms in total. The fourth-order valence-electron chi connectivity index (χ4n) is 6.68. The van der Waals surface area contributed by atoms with Crippen molar-refractivity contribution in [3.63, 3.8) is 0 Å². The fourth-order valence-corrected chi connectivity index (χ4v) is 6.88. The summed E-state index contributed by atoms with van der Waals surface area (Å²) in [5.41, 5.74) is 7.10. The quantitative estimate of drug-likeness (QED) is 0.488. The molecule has 0 saturated carbocycles. The summed E-state index contributed by atoms with van der Waals surface area (Å²) in [6.07, 6.45) is 11.2. The Morgan fingerprint density at radius 1 is 1.12 bits per heavy atom. The number of nitrogens with zero attached hydrogens (tertiary/aromatic N) is 2. The first-order chi connectivity index (χ1) is 19.2. The number of halogens is 1. The van der Waals surface area contributed by atoms with E-state index in [-0.39, 0.29) is 11.3 Å². The zero-order valence-electron chi connectivity index (χ0n) is 23.5. The third-order valence-electron chi connectivity index (χ3n) is 9.07. The lowest BCUT2D eigenvalue weighted by Crippen LogP contribution is -2.52. The van der Waals surface area contributed by atoms with Crippen molar-refractivity contribution in [1.82, 2.24) is 4.90 Å². The number of allylic oxidation sites excluding steroid dienone is 1. The second-order valence-corrected chi connectivity index (χ2v) is 12.2. The van der Waals surface area contributed by atoms with E-state index in [0.717, 1.165) is 68.7 Å².